The lowest BCUT2D eigenvalue weighted by atomic mass is 9.98. The fourth-order valence-corrected chi connectivity index (χ4v) is 4.23. The monoisotopic (exact) mass is 508 g/mol. The third-order valence-electron chi connectivity index (χ3n) is 6.40. The van der Waals surface area contributed by atoms with Gasteiger partial charge in [0.15, 0.2) is 0 Å². The Morgan fingerprint density at radius 1 is 0.892 bits per heavy atom. The number of rotatable bonds is 7. The predicted molar refractivity (Wildman–Crippen MR) is 136 cm³/mol. The maximum absolute atomic E-state index is 12.8. The molecule has 3 aromatic carbocycles. The van der Waals surface area contributed by atoms with Crippen molar-refractivity contribution in [1.29, 1.82) is 0 Å². The number of ether oxygens (including phenoxy) is 2. The molecule has 1 N–H and O–H groups in total. The Morgan fingerprint density at radius 3 is 2.22 bits per heavy atom. The van der Waals surface area contributed by atoms with Crippen LogP contribution in [0.3, 0.4) is 0 Å². The number of aromatic nitrogens is 2. The minimum absolute atomic E-state index is 0.321. The molecule has 1 fully saturated rings. The zero-order valence-electron chi connectivity index (χ0n) is 20.3. The first-order chi connectivity index (χ1) is 17.8. The molecule has 2 heterocycles. The number of anilines is 2. The first kappa shape index (κ1) is 24.8. The summed E-state index contributed by atoms with van der Waals surface area (Å²) in [6, 6.07) is 19.8. The molecule has 1 aromatic heterocycles. The van der Waals surface area contributed by atoms with Crippen LogP contribution in [0.5, 0.6) is 17.5 Å². The van der Waals surface area contributed by atoms with Crippen molar-refractivity contribution in [3.63, 3.8) is 0 Å². The summed E-state index contributed by atoms with van der Waals surface area (Å²) in [7, 11) is 2.13. The molecule has 0 bridgehead atoms. The maximum atomic E-state index is 12.8. The van der Waals surface area contributed by atoms with Gasteiger partial charge in [-0.1, -0.05) is 12.1 Å². The second-order valence-corrected chi connectivity index (χ2v) is 9.20. The lowest BCUT2D eigenvalue weighted by Crippen LogP contribution is -2.32. The van der Waals surface area contributed by atoms with Crippen molar-refractivity contribution in [1.82, 2.24) is 14.9 Å². The molecule has 37 heavy (non-hydrogen) atoms. The molecule has 0 unspecified atom stereocenters. The van der Waals surface area contributed by atoms with Crippen molar-refractivity contribution in [2.24, 2.45) is 5.92 Å². The molecule has 0 aliphatic carbocycles. The molecule has 1 aliphatic rings. The van der Waals surface area contributed by atoms with Crippen LogP contribution in [0.4, 0.5) is 24.7 Å². The Bertz CT molecular complexity index is 1340. The lowest BCUT2D eigenvalue weighted by molar-refractivity contribution is -0.137. The second kappa shape index (κ2) is 10.6. The van der Waals surface area contributed by atoms with Gasteiger partial charge in [-0.2, -0.15) is 23.1 Å². The van der Waals surface area contributed by atoms with E-state index in [2.05, 4.69) is 27.2 Å². The van der Waals surface area contributed by atoms with E-state index in [0.29, 0.717) is 35.9 Å². The highest BCUT2D eigenvalue weighted by Gasteiger charge is 2.30. The van der Waals surface area contributed by atoms with Gasteiger partial charge in [-0.15, -0.1) is 0 Å². The zero-order chi connectivity index (χ0) is 25.8. The number of fused-ring (bicyclic) bond motifs is 1. The minimum Gasteiger partial charge on any atom is -0.463 e. The fraction of sp³-hybridized carbons (Fsp3) is 0.286. The van der Waals surface area contributed by atoms with Crippen LogP contribution in [0.1, 0.15) is 18.4 Å². The molecule has 5 rings (SSSR count). The fourth-order valence-electron chi connectivity index (χ4n) is 4.23. The van der Waals surface area contributed by atoms with Crippen molar-refractivity contribution < 1.29 is 22.6 Å². The van der Waals surface area contributed by atoms with Gasteiger partial charge in [0, 0.05) is 11.1 Å². The molecular formula is C28H27F3N4O2. The van der Waals surface area contributed by atoms with Gasteiger partial charge < -0.3 is 19.7 Å². The van der Waals surface area contributed by atoms with Crippen molar-refractivity contribution in [2.45, 2.75) is 19.0 Å². The van der Waals surface area contributed by atoms with Crippen molar-refractivity contribution in [2.75, 3.05) is 32.1 Å². The smallest absolute Gasteiger partial charge is 0.416 e. The average Bonchev–Trinajstić information content (AvgIpc) is 2.89. The number of nitrogens with one attached hydrogen (secondary N) is 1. The molecule has 0 radical (unpaired) electrons. The van der Waals surface area contributed by atoms with Gasteiger partial charge in [0.2, 0.25) is 0 Å². The Hall–Kier alpha value is -3.85. The standard InChI is InChI=1S/C28H27F3N4O2/c1-35-16-14-19(15-17-35)18-36-27-33-25-5-3-2-4-24(25)26(34-27)32-21-8-12-23(13-9-21)37-22-10-6-20(7-11-22)28(29,30)31/h2-13,19H,14-18H2,1H3,(H,32,33,34). The van der Waals surface area contributed by atoms with Crippen molar-refractivity contribution in [3.8, 4) is 17.5 Å². The van der Waals surface area contributed by atoms with Gasteiger partial charge in [0.25, 0.3) is 0 Å². The van der Waals surface area contributed by atoms with Crippen molar-refractivity contribution in [3.05, 3.63) is 78.4 Å². The molecule has 9 heteroatoms. The SMILES string of the molecule is CN1CCC(COc2nc(Nc3ccc(Oc4ccc(C(F)(F)F)cc4)cc3)c3ccccc3n2)CC1. The third kappa shape index (κ3) is 6.29. The molecule has 6 nitrogen and oxygen atoms in total. The number of hydrogen-bond donors (Lipinski definition) is 1. The zero-order valence-corrected chi connectivity index (χ0v) is 20.3. The average molecular weight is 509 g/mol. The Labute approximate surface area is 213 Å². The van der Waals surface area contributed by atoms with Crippen molar-refractivity contribution >= 4 is 22.4 Å². The van der Waals surface area contributed by atoms with Crippen LogP contribution in [0.25, 0.3) is 10.9 Å². The molecule has 0 atom stereocenters. The molecule has 0 saturated carbocycles. The molecule has 0 spiro atoms. The van der Waals surface area contributed by atoms with Crippen LogP contribution in [0.2, 0.25) is 0 Å². The van der Waals surface area contributed by atoms with E-state index in [1.54, 1.807) is 12.1 Å². The summed E-state index contributed by atoms with van der Waals surface area (Å²) in [6.45, 7) is 2.72. The summed E-state index contributed by atoms with van der Waals surface area (Å²) in [6.07, 6.45) is -2.19. The number of benzene rings is 3. The molecule has 192 valence electrons. The third-order valence-corrected chi connectivity index (χ3v) is 6.40. The summed E-state index contributed by atoms with van der Waals surface area (Å²) in [5.74, 6) is 1.93. The minimum atomic E-state index is -4.38. The summed E-state index contributed by atoms with van der Waals surface area (Å²) < 4.78 is 50.0. The van der Waals surface area contributed by atoms with E-state index >= 15 is 0 Å². The highest BCUT2D eigenvalue weighted by atomic mass is 19.4. The molecule has 0 amide bonds. The van der Waals surface area contributed by atoms with Crippen LogP contribution in [-0.4, -0.2) is 41.6 Å². The van der Waals surface area contributed by atoms with Crippen LogP contribution in [0.15, 0.2) is 72.8 Å². The van der Waals surface area contributed by atoms with Gasteiger partial charge in [0.05, 0.1) is 17.7 Å². The molecule has 4 aromatic rings. The highest BCUT2D eigenvalue weighted by Crippen LogP contribution is 2.32. The number of halogens is 3. The number of alkyl halides is 3. The molecular weight excluding hydrogens is 481 g/mol. The second-order valence-electron chi connectivity index (χ2n) is 9.20. The summed E-state index contributed by atoms with van der Waals surface area (Å²) in [4.78, 5) is 11.5. The number of hydrogen-bond acceptors (Lipinski definition) is 6. The van der Waals surface area contributed by atoms with Crippen LogP contribution < -0.4 is 14.8 Å². The first-order valence-electron chi connectivity index (χ1n) is 12.1. The van der Waals surface area contributed by atoms with Gasteiger partial charge in [0.1, 0.15) is 17.3 Å². The highest BCUT2D eigenvalue weighted by molar-refractivity contribution is 5.91. The topological polar surface area (TPSA) is 59.5 Å². The van der Waals surface area contributed by atoms with E-state index in [4.69, 9.17) is 9.47 Å². The van der Waals surface area contributed by atoms with E-state index in [-0.39, 0.29) is 0 Å². The van der Waals surface area contributed by atoms with Gasteiger partial charge in [-0.05, 0) is 99.6 Å². The van der Waals surface area contributed by atoms with E-state index < -0.39 is 11.7 Å². The first-order valence-corrected chi connectivity index (χ1v) is 12.1. The van der Waals surface area contributed by atoms with E-state index in [0.717, 1.165) is 54.7 Å². The molecule has 1 saturated heterocycles. The van der Waals surface area contributed by atoms with Gasteiger partial charge >= 0.3 is 12.2 Å². The summed E-state index contributed by atoms with van der Waals surface area (Å²) >= 11 is 0. The van der Waals surface area contributed by atoms with E-state index in [1.165, 1.54) is 12.1 Å². The number of piperidine rings is 1. The summed E-state index contributed by atoms with van der Waals surface area (Å²) in [5, 5.41) is 4.19. The normalized spacial score (nSPS) is 15.0. The Balaban J connectivity index is 1.28. The van der Waals surface area contributed by atoms with Gasteiger partial charge in [-0.25, -0.2) is 0 Å². The van der Waals surface area contributed by atoms with Crippen LogP contribution in [0, 0.1) is 5.92 Å². The predicted octanol–water partition coefficient (Wildman–Crippen LogP) is 6.91. The largest absolute Gasteiger partial charge is 0.463 e. The lowest BCUT2D eigenvalue weighted by Gasteiger charge is -2.28. The Kier molecular flexibility index (Phi) is 7.14. The maximum Gasteiger partial charge on any atom is 0.416 e. The summed E-state index contributed by atoms with van der Waals surface area (Å²) in [5.41, 5.74) is 0.830. The van der Waals surface area contributed by atoms with Crippen LogP contribution >= 0.6 is 0 Å². The Morgan fingerprint density at radius 2 is 1.54 bits per heavy atom. The van der Waals surface area contributed by atoms with E-state index in [1.807, 2.05) is 36.4 Å². The number of nitrogens with zero attached hydrogens (tertiary/aromatic N) is 3. The van der Waals surface area contributed by atoms with Crippen LogP contribution in [-0.2, 0) is 6.18 Å². The van der Waals surface area contributed by atoms with E-state index in [9.17, 15) is 13.2 Å². The number of para-hydroxylation sites is 1. The number of likely N-dealkylation sites (tertiary alicyclic amines) is 1. The molecule has 1 aliphatic heterocycles. The van der Waals surface area contributed by atoms with Gasteiger partial charge in [-0.3, -0.25) is 0 Å². The quantitative estimate of drug-likeness (QED) is 0.293.